The number of imidazole rings is 1. The number of hydrogen-bond donors (Lipinski definition) is 0. The molecule has 0 spiro atoms. The number of nitrogens with zero attached hydrogens (tertiary/aromatic N) is 2. The molecule has 0 saturated carbocycles. The molecule has 0 bridgehead atoms. The second-order valence-electron chi connectivity index (χ2n) is 3.71. The van der Waals surface area contributed by atoms with Crippen LogP contribution in [0.5, 0.6) is 0 Å². The minimum Gasteiger partial charge on any atom is -0.332 e. The summed E-state index contributed by atoms with van der Waals surface area (Å²) < 4.78 is 1.69. The molecule has 1 aromatic carbocycles. The summed E-state index contributed by atoms with van der Waals surface area (Å²) in [5.41, 5.74) is 0.826. The molecule has 88 valence electrons. The summed E-state index contributed by atoms with van der Waals surface area (Å²) in [6, 6.07) is 5.17. The van der Waals surface area contributed by atoms with Crippen molar-refractivity contribution < 1.29 is 4.79 Å². The first-order valence-corrected chi connectivity index (χ1v) is 5.78. The van der Waals surface area contributed by atoms with Crippen molar-refractivity contribution in [2.75, 3.05) is 0 Å². The van der Waals surface area contributed by atoms with Crippen LogP contribution in [-0.2, 0) is 13.5 Å². The van der Waals surface area contributed by atoms with Crippen molar-refractivity contribution >= 4 is 29.0 Å². The lowest BCUT2D eigenvalue weighted by atomic mass is 10.1. The van der Waals surface area contributed by atoms with Gasteiger partial charge in [0.2, 0.25) is 5.78 Å². The number of aryl methyl sites for hydroxylation is 1. The summed E-state index contributed by atoms with van der Waals surface area (Å²) in [5, 5.41) is 0.941. The zero-order valence-electron chi connectivity index (χ0n) is 9.15. The van der Waals surface area contributed by atoms with Crippen molar-refractivity contribution in [2.24, 2.45) is 7.05 Å². The van der Waals surface area contributed by atoms with Crippen LogP contribution in [0.2, 0.25) is 10.0 Å². The number of carbonyl (C=O) groups is 1. The summed E-state index contributed by atoms with van der Waals surface area (Å²) in [5.74, 6) is 0.395. The molecule has 0 fully saturated rings. The third kappa shape index (κ3) is 2.68. The van der Waals surface area contributed by atoms with Crippen molar-refractivity contribution in [1.82, 2.24) is 9.55 Å². The van der Waals surface area contributed by atoms with Crippen molar-refractivity contribution in [3.63, 3.8) is 0 Å². The summed E-state index contributed by atoms with van der Waals surface area (Å²) in [7, 11) is 1.79. The van der Waals surface area contributed by atoms with E-state index in [2.05, 4.69) is 4.98 Å². The van der Waals surface area contributed by atoms with Crippen molar-refractivity contribution in [1.29, 1.82) is 0 Å². The second-order valence-corrected chi connectivity index (χ2v) is 4.52. The molecule has 0 atom stereocenters. The number of benzene rings is 1. The van der Waals surface area contributed by atoms with Gasteiger partial charge in [-0.1, -0.05) is 29.3 Å². The molecule has 0 aliphatic rings. The zero-order valence-corrected chi connectivity index (χ0v) is 10.7. The Morgan fingerprint density at radius 3 is 2.71 bits per heavy atom. The first kappa shape index (κ1) is 12.1. The van der Waals surface area contributed by atoms with E-state index in [1.165, 1.54) is 0 Å². The first-order valence-electron chi connectivity index (χ1n) is 5.02. The van der Waals surface area contributed by atoms with Gasteiger partial charge in [0.15, 0.2) is 5.82 Å². The molecule has 3 nitrogen and oxygen atoms in total. The maximum Gasteiger partial charge on any atom is 0.202 e. The predicted molar refractivity (Wildman–Crippen MR) is 67.7 cm³/mol. The summed E-state index contributed by atoms with van der Waals surface area (Å²) in [4.78, 5) is 15.9. The quantitative estimate of drug-likeness (QED) is 0.802. The van der Waals surface area contributed by atoms with E-state index in [4.69, 9.17) is 23.2 Å². The van der Waals surface area contributed by atoms with Crippen LogP contribution < -0.4 is 0 Å². The van der Waals surface area contributed by atoms with E-state index in [1.807, 2.05) is 0 Å². The maximum absolute atomic E-state index is 11.9. The summed E-state index contributed by atoms with van der Waals surface area (Å²) >= 11 is 11.7. The van der Waals surface area contributed by atoms with Gasteiger partial charge in [-0.25, -0.2) is 4.98 Å². The Balaban J connectivity index is 2.19. The van der Waals surface area contributed by atoms with E-state index >= 15 is 0 Å². The topological polar surface area (TPSA) is 34.9 Å². The molecule has 0 N–H and O–H groups in total. The van der Waals surface area contributed by atoms with E-state index in [1.54, 1.807) is 42.2 Å². The van der Waals surface area contributed by atoms with Crippen LogP contribution in [0.1, 0.15) is 16.2 Å². The average Bonchev–Trinajstić information content (AvgIpc) is 2.70. The fraction of sp³-hybridized carbons (Fsp3) is 0.167. The Kier molecular flexibility index (Phi) is 3.50. The van der Waals surface area contributed by atoms with Gasteiger partial charge in [0, 0.05) is 25.9 Å². The van der Waals surface area contributed by atoms with Crippen LogP contribution in [0, 0.1) is 0 Å². The van der Waals surface area contributed by atoms with E-state index in [-0.39, 0.29) is 12.2 Å². The maximum atomic E-state index is 11.9. The largest absolute Gasteiger partial charge is 0.332 e. The van der Waals surface area contributed by atoms with Gasteiger partial charge in [0.25, 0.3) is 0 Å². The molecule has 0 aliphatic carbocycles. The van der Waals surface area contributed by atoms with Gasteiger partial charge in [0.05, 0.1) is 10.0 Å². The van der Waals surface area contributed by atoms with Gasteiger partial charge in [-0.2, -0.15) is 0 Å². The normalized spacial score (nSPS) is 10.5. The lowest BCUT2D eigenvalue weighted by Crippen LogP contribution is -2.10. The predicted octanol–water partition coefficient (Wildman–Crippen LogP) is 3.15. The third-order valence-electron chi connectivity index (χ3n) is 2.42. The first-order chi connectivity index (χ1) is 8.08. The summed E-state index contributed by atoms with van der Waals surface area (Å²) in [6.45, 7) is 0. The fourth-order valence-electron chi connectivity index (χ4n) is 1.55. The van der Waals surface area contributed by atoms with E-state index in [9.17, 15) is 4.79 Å². The Morgan fingerprint density at radius 1 is 1.35 bits per heavy atom. The van der Waals surface area contributed by atoms with Gasteiger partial charge in [-0.15, -0.1) is 0 Å². The smallest absolute Gasteiger partial charge is 0.202 e. The Hall–Kier alpha value is -1.32. The molecule has 17 heavy (non-hydrogen) atoms. The minimum atomic E-state index is -0.0455. The molecule has 2 aromatic rings. The van der Waals surface area contributed by atoms with E-state index in [0.29, 0.717) is 15.9 Å². The summed E-state index contributed by atoms with van der Waals surface area (Å²) in [6.07, 6.45) is 3.60. The number of hydrogen-bond acceptors (Lipinski definition) is 2. The van der Waals surface area contributed by atoms with E-state index in [0.717, 1.165) is 5.56 Å². The fourth-order valence-corrected chi connectivity index (χ4v) is 1.87. The molecule has 0 radical (unpaired) electrons. The molecular weight excluding hydrogens is 259 g/mol. The molecule has 1 aromatic heterocycles. The number of halogens is 2. The van der Waals surface area contributed by atoms with Gasteiger partial charge in [-0.05, 0) is 17.7 Å². The van der Waals surface area contributed by atoms with Crippen molar-refractivity contribution in [2.45, 2.75) is 6.42 Å². The number of aromatic nitrogens is 2. The average molecular weight is 269 g/mol. The zero-order chi connectivity index (χ0) is 12.4. The van der Waals surface area contributed by atoms with Gasteiger partial charge in [0.1, 0.15) is 0 Å². The van der Waals surface area contributed by atoms with Crippen LogP contribution in [-0.4, -0.2) is 15.3 Å². The lowest BCUT2D eigenvalue weighted by molar-refractivity contribution is 0.0980. The monoisotopic (exact) mass is 268 g/mol. The molecule has 2 rings (SSSR count). The lowest BCUT2D eigenvalue weighted by Gasteiger charge is -2.03. The molecule has 5 heteroatoms. The molecule has 0 unspecified atom stereocenters. The third-order valence-corrected chi connectivity index (χ3v) is 3.16. The van der Waals surface area contributed by atoms with Crippen LogP contribution in [0.3, 0.4) is 0 Å². The van der Waals surface area contributed by atoms with Crippen molar-refractivity contribution in [3.8, 4) is 0 Å². The Labute approximate surface area is 109 Å². The highest BCUT2D eigenvalue weighted by Gasteiger charge is 2.12. The molecular formula is C12H10Cl2N2O. The Morgan fingerprint density at radius 2 is 2.12 bits per heavy atom. The minimum absolute atomic E-state index is 0.0455. The highest BCUT2D eigenvalue weighted by Crippen LogP contribution is 2.23. The van der Waals surface area contributed by atoms with Crippen LogP contribution >= 0.6 is 23.2 Å². The SMILES string of the molecule is Cn1ccnc1C(=O)Cc1ccc(Cl)c(Cl)c1. The molecule has 1 heterocycles. The number of Topliss-reactive ketones (excluding diaryl/α,β-unsaturated/α-hetero) is 1. The van der Waals surface area contributed by atoms with Crippen LogP contribution in [0.4, 0.5) is 0 Å². The van der Waals surface area contributed by atoms with E-state index < -0.39 is 0 Å². The van der Waals surface area contributed by atoms with Gasteiger partial charge >= 0.3 is 0 Å². The van der Waals surface area contributed by atoms with Gasteiger partial charge in [-0.3, -0.25) is 4.79 Å². The molecule has 0 aliphatic heterocycles. The standard InChI is InChI=1S/C12H10Cl2N2O/c1-16-5-4-15-12(16)11(17)7-8-2-3-9(13)10(14)6-8/h2-6H,7H2,1H3. The molecule has 0 saturated heterocycles. The number of ketones is 1. The Bertz CT molecular complexity index is 563. The molecule has 0 amide bonds. The van der Waals surface area contributed by atoms with Crippen LogP contribution in [0.25, 0.3) is 0 Å². The highest BCUT2D eigenvalue weighted by molar-refractivity contribution is 6.42. The number of carbonyl (C=O) groups excluding carboxylic acids is 1. The van der Waals surface area contributed by atoms with Crippen LogP contribution in [0.15, 0.2) is 30.6 Å². The van der Waals surface area contributed by atoms with Gasteiger partial charge < -0.3 is 4.57 Å². The van der Waals surface area contributed by atoms with Crippen molar-refractivity contribution in [3.05, 3.63) is 52.0 Å². The second kappa shape index (κ2) is 4.90. The number of rotatable bonds is 3. The highest BCUT2D eigenvalue weighted by atomic mass is 35.5.